The molecule has 1 atom stereocenters. The Morgan fingerprint density at radius 3 is 2.80 bits per heavy atom. The minimum Gasteiger partial charge on any atom is -0.497 e. The van der Waals surface area contributed by atoms with Gasteiger partial charge in [-0.25, -0.2) is 0 Å². The maximum Gasteiger partial charge on any atom is 0.119 e. The van der Waals surface area contributed by atoms with E-state index >= 15 is 0 Å². The van der Waals surface area contributed by atoms with Gasteiger partial charge in [0.05, 0.1) is 7.11 Å². The summed E-state index contributed by atoms with van der Waals surface area (Å²) in [5, 5.41) is 3.50. The van der Waals surface area contributed by atoms with Crippen molar-refractivity contribution in [2.75, 3.05) is 20.2 Å². The van der Waals surface area contributed by atoms with Gasteiger partial charge in [-0.05, 0) is 53.3 Å². The maximum atomic E-state index is 5.32. The second-order valence-corrected chi connectivity index (χ2v) is 5.50. The molecule has 2 nitrogen and oxygen atoms in total. The first-order valence-corrected chi connectivity index (χ1v) is 7.26. The highest BCUT2D eigenvalue weighted by molar-refractivity contribution is 5.66. The minimum absolute atomic E-state index is 0.590. The van der Waals surface area contributed by atoms with Crippen LogP contribution in [-0.4, -0.2) is 20.2 Å². The quantitative estimate of drug-likeness (QED) is 0.897. The van der Waals surface area contributed by atoms with Gasteiger partial charge in [0.25, 0.3) is 0 Å². The summed E-state index contributed by atoms with van der Waals surface area (Å²) in [6.45, 7) is 4.44. The van der Waals surface area contributed by atoms with E-state index in [1.807, 2.05) is 12.1 Å². The van der Waals surface area contributed by atoms with Gasteiger partial charge in [-0.2, -0.15) is 0 Å². The van der Waals surface area contributed by atoms with Crippen molar-refractivity contribution >= 4 is 0 Å². The predicted octanol–water partition coefficient (Wildman–Crippen LogP) is 3.61. The first kappa shape index (κ1) is 13.2. The van der Waals surface area contributed by atoms with E-state index < -0.39 is 0 Å². The van der Waals surface area contributed by atoms with Crippen LogP contribution in [0.5, 0.6) is 5.75 Å². The van der Waals surface area contributed by atoms with E-state index in [0.717, 1.165) is 25.3 Å². The van der Waals surface area contributed by atoms with Crippen LogP contribution in [0.2, 0.25) is 0 Å². The summed E-state index contributed by atoms with van der Waals surface area (Å²) in [4.78, 5) is 0. The molecule has 0 bridgehead atoms. The smallest absolute Gasteiger partial charge is 0.119 e. The summed E-state index contributed by atoms with van der Waals surface area (Å²) in [5.41, 5.74) is 5.46. The van der Waals surface area contributed by atoms with Gasteiger partial charge in [-0.3, -0.25) is 0 Å². The second-order valence-electron chi connectivity index (χ2n) is 5.50. The number of fused-ring (bicyclic) bond motifs is 1. The highest BCUT2D eigenvalue weighted by atomic mass is 16.5. The number of nitrogens with one attached hydrogen (secondary N) is 1. The van der Waals surface area contributed by atoms with E-state index in [1.54, 1.807) is 7.11 Å². The van der Waals surface area contributed by atoms with Crippen molar-refractivity contribution in [3.8, 4) is 16.9 Å². The number of methoxy groups -OCH3 is 1. The summed E-state index contributed by atoms with van der Waals surface area (Å²) >= 11 is 0. The van der Waals surface area contributed by atoms with Gasteiger partial charge < -0.3 is 10.1 Å². The molecule has 0 spiro atoms. The fourth-order valence-corrected chi connectivity index (χ4v) is 2.94. The highest BCUT2D eigenvalue weighted by Gasteiger charge is 2.15. The van der Waals surface area contributed by atoms with Crippen molar-refractivity contribution in [2.45, 2.75) is 19.3 Å². The molecule has 2 aromatic rings. The number of rotatable bonds is 2. The van der Waals surface area contributed by atoms with Crippen LogP contribution in [0.25, 0.3) is 11.1 Å². The molecule has 104 valence electrons. The Bertz CT molecular complexity index is 606. The topological polar surface area (TPSA) is 21.3 Å². The standard InChI is InChI=1S/C18H21NO/c1-13-12-19-9-8-16-10-15(6-7-18(13)16)14-4-3-5-17(11-14)20-2/h3-7,10-11,13,19H,8-9,12H2,1-2H3/t13-/m0/s1. The third kappa shape index (κ3) is 2.56. The molecule has 0 fully saturated rings. The van der Waals surface area contributed by atoms with Crippen molar-refractivity contribution in [1.29, 1.82) is 0 Å². The summed E-state index contributed by atoms with van der Waals surface area (Å²) in [6.07, 6.45) is 1.11. The lowest BCUT2D eigenvalue weighted by Gasteiger charge is -2.14. The molecule has 0 unspecified atom stereocenters. The molecule has 1 aliphatic heterocycles. The molecular formula is C18H21NO. The summed E-state index contributed by atoms with van der Waals surface area (Å²) < 4.78 is 5.32. The van der Waals surface area contributed by atoms with Crippen molar-refractivity contribution in [1.82, 2.24) is 5.32 Å². The molecule has 1 heterocycles. The Kier molecular flexibility index (Phi) is 3.75. The summed E-state index contributed by atoms with van der Waals surface area (Å²) in [7, 11) is 1.71. The summed E-state index contributed by atoms with van der Waals surface area (Å²) in [6, 6.07) is 15.1. The van der Waals surface area contributed by atoms with Gasteiger partial charge in [0.15, 0.2) is 0 Å². The van der Waals surface area contributed by atoms with Gasteiger partial charge >= 0.3 is 0 Å². The Balaban J connectivity index is 2.01. The average molecular weight is 267 g/mol. The lowest BCUT2D eigenvalue weighted by molar-refractivity contribution is 0.415. The normalized spacial score (nSPS) is 18.2. The van der Waals surface area contributed by atoms with Crippen molar-refractivity contribution in [3.05, 3.63) is 53.6 Å². The Morgan fingerprint density at radius 1 is 1.10 bits per heavy atom. The highest BCUT2D eigenvalue weighted by Crippen LogP contribution is 2.29. The van der Waals surface area contributed by atoms with Crippen molar-refractivity contribution < 1.29 is 4.74 Å². The lowest BCUT2D eigenvalue weighted by atomic mass is 9.92. The summed E-state index contributed by atoms with van der Waals surface area (Å²) in [5.74, 6) is 1.50. The molecule has 2 aromatic carbocycles. The van der Waals surface area contributed by atoms with E-state index in [1.165, 1.54) is 22.3 Å². The zero-order chi connectivity index (χ0) is 13.9. The first-order valence-electron chi connectivity index (χ1n) is 7.26. The zero-order valence-corrected chi connectivity index (χ0v) is 12.1. The fraction of sp³-hybridized carbons (Fsp3) is 0.333. The third-order valence-corrected chi connectivity index (χ3v) is 4.10. The number of benzene rings is 2. The van der Waals surface area contributed by atoms with Crippen LogP contribution >= 0.6 is 0 Å². The molecule has 0 radical (unpaired) electrons. The number of hydrogen-bond acceptors (Lipinski definition) is 2. The van der Waals surface area contributed by atoms with E-state index in [2.05, 4.69) is 42.6 Å². The number of ether oxygens (including phenoxy) is 1. The Labute approximate surface area is 120 Å². The molecule has 1 N–H and O–H groups in total. The van der Waals surface area contributed by atoms with Gasteiger partial charge in [-0.15, -0.1) is 0 Å². The van der Waals surface area contributed by atoms with Crippen LogP contribution in [0.4, 0.5) is 0 Å². The monoisotopic (exact) mass is 267 g/mol. The lowest BCUT2D eigenvalue weighted by Crippen LogP contribution is -2.18. The van der Waals surface area contributed by atoms with Crippen LogP contribution in [0.1, 0.15) is 24.0 Å². The van der Waals surface area contributed by atoms with Crippen LogP contribution in [0, 0.1) is 0 Å². The van der Waals surface area contributed by atoms with Crippen LogP contribution in [0.15, 0.2) is 42.5 Å². The van der Waals surface area contributed by atoms with Crippen LogP contribution < -0.4 is 10.1 Å². The minimum atomic E-state index is 0.590. The molecule has 0 saturated carbocycles. The van der Waals surface area contributed by atoms with E-state index in [9.17, 15) is 0 Å². The Hall–Kier alpha value is -1.80. The average Bonchev–Trinajstić information content (AvgIpc) is 2.69. The SMILES string of the molecule is COc1cccc(-c2ccc3c(c2)CCNC[C@@H]3C)c1. The van der Waals surface area contributed by atoms with E-state index in [0.29, 0.717) is 5.92 Å². The molecule has 0 amide bonds. The molecule has 0 aromatic heterocycles. The van der Waals surface area contributed by atoms with E-state index in [-0.39, 0.29) is 0 Å². The molecule has 0 aliphatic carbocycles. The Morgan fingerprint density at radius 2 is 1.95 bits per heavy atom. The van der Waals surface area contributed by atoms with Crippen LogP contribution in [0.3, 0.4) is 0 Å². The first-order chi connectivity index (χ1) is 9.78. The van der Waals surface area contributed by atoms with E-state index in [4.69, 9.17) is 4.74 Å². The number of hydrogen-bond donors (Lipinski definition) is 1. The van der Waals surface area contributed by atoms with Crippen molar-refractivity contribution in [3.63, 3.8) is 0 Å². The van der Waals surface area contributed by atoms with Gasteiger partial charge in [-0.1, -0.05) is 37.3 Å². The maximum absolute atomic E-state index is 5.32. The second kappa shape index (κ2) is 5.68. The molecule has 3 rings (SSSR count). The fourth-order valence-electron chi connectivity index (χ4n) is 2.94. The molecule has 1 aliphatic rings. The largest absolute Gasteiger partial charge is 0.497 e. The van der Waals surface area contributed by atoms with Crippen molar-refractivity contribution in [2.24, 2.45) is 0 Å². The molecule has 2 heteroatoms. The van der Waals surface area contributed by atoms with Crippen LogP contribution in [-0.2, 0) is 6.42 Å². The van der Waals surface area contributed by atoms with Gasteiger partial charge in [0, 0.05) is 6.54 Å². The third-order valence-electron chi connectivity index (χ3n) is 4.10. The predicted molar refractivity (Wildman–Crippen MR) is 83.4 cm³/mol. The van der Waals surface area contributed by atoms with Gasteiger partial charge in [0.1, 0.15) is 5.75 Å². The zero-order valence-electron chi connectivity index (χ0n) is 12.1. The van der Waals surface area contributed by atoms with Gasteiger partial charge in [0.2, 0.25) is 0 Å². The molecule has 20 heavy (non-hydrogen) atoms. The molecule has 0 saturated heterocycles. The molecular weight excluding hydrogens is 246 g/mol.